The van der Waals surface area contributed by atoms with Gasteiger partial charge in [0, 0.05) is 25.5 Å². The Balaban J connectivity index is 1.85. The zero-order chi connectivity index (χ0) is 13.0. The first-order valence-corrected chi connectivity index (χ1v) is 6.25. The molecule has 0 saturated carbocycles. The fraction of sp³-hybridized carbons (Fsp3) is 0.417. The summed E-state index contributed by atoms with van der Waals surface area (Å²) in [7, 11) is 0. The number of hydrogen-bond acceptors (Lipinski definition) is 4. The average Bonchev–Trinajstić information content (AvgIpc) is 2.84. The molecule has 6 heteroatoms. The van der Waals surface area contributed by atoms with Crippen LogP contribution in [0.25, 0.3) is 0 Å². The second-order valence-electron chi connectivity index (χ2n) is 4.11. The SMILES string of the molecule is Cc1nc(Cl)c(NCCCn2ccnc2)nc1C. The minimum absolute atomic E-state index is 0.431. The van der Waals surface area contributed by atoms with E-state index in [2.05, 4.69) is 20.3 Å². The Hall–Kier alpha value is -1.62. The van der Waals surface area contributed by atoms with E-state index in [1.807, 2.05) is 30.9 Å². The van der Waals surface area contributed by atoms with Crippen molar-refractivity contribution in [3.8, 4) is 0 Å². The second-order valence-corrected chi connectivity index (χ2v) is 4.47. The van der Waals surface area contributed by atoms with Gasteiger partial charge in [0.05, 0.1) is 17.7 Å². The number of anilines is 1. The van der Waals surface area contributed by atoms with Gasteiger partial charge in [-0.1, -0.05) is 11.6 Å². The molecule has 2 aromatic heterocycles. The Labute approximate surface area is 111 Å². The summed E-state index contributed by atoms with van der Waals surface area (Å²) in [6.07, 6.45) is 6.51. The number of halogens is 1. The smallest absolute Gasteiger partial charge is 0.171 e. The summed E-state index contributed by atoms with van der Waals surface area (Å²) in [4.78, 5) is 12.6. The maximum atomic E-state index is 6.03. The van der Waals surface area contributed by atoms with Crippen LogP contribution in [0.3, 0.4) is 0 Å². The molecule has 0 unspecified atom stereocenters. The number of aromatic nitrogens is 4. The molecule has 0 radical (unpaired) electrons. The van der Waals surface area contributed by atoms with Crippen molar-refractivity contribution in [2.45, 2.75) is 26.8 Å². The second kappa shape index (κ2) is 5.82. The zero-order valence-corrected chi connectivity index (χ0v) is 11.3. The van der Waals surface area contributed by atoms with Gasteiger partial charge in [-0.15, -0.1) is 0 Å². The fourth-order valence-electron chi connectivity index (χ4n) is 1.58. The number of imidazole rings is 1. The van der Waals surface area contributed by atoms with Crippen molar-refractivity contribution in [2.24, 2.45) is 0 Å². The summed E-state index contributed by atoms with van der Waals surface area (Å²) in [5, 5.41) is 3.64. The van der Waals surface area contributed by atoms with Crippen LogP contribution in [0.4, 0.5) is 5.82 Å². The molecule has 0 atom stereocenters. The molecule has 0 fully saturated rings. The zero-order valence-electron chi connectivity index (χ0n) is 10.5. The molecule has 0 spiro atoms. The lowest BCUT2D eigenvalue weighted by Crippen LogP contribution is -2.09. The van der Waals surface area contributed by atoms with Gasteiger partial charge in [0.15, 0.2) is 11.0 Å². The lowest BCUT2D eigenvalue weighted by atomic mass is 10.3. The molecule has 5 nitrogen and oxygen atoms in total. The molecule has 0 aliphatic heterocycles. The van der Waals surface area contributed by atoms with E-state index in [1.165, 1.54) is 0 Å². The van der Waals surface area contributed by atoms with Crippen molar-refractivity contribution < 1.29 is 0 Å². The molecular formula is C12H16ClN5. The molecule has 2 heterocycles. The highest BCUT2D eigenvalue weighted by atomic mass is 35.5. The summed E-state index contributed by atoms with van der Waals surface area (Å²) < 4.78 is 2.04. The van der Waals surface area contributed by atoms with E-state index in [9.17, 15) is 0 Å². The van der Waals surface area contributed by atoms with Crippen LogP contribution < -0.4 is 5.32 Å². The van der Waals surface area contributed by atoms with Gasteiger partial charge in [-0.3, -0.25) is 0 Å². The molecule has 0 saturated heterocycles. The van der Waals surface area contributed by atoms with Crippen LogP contribution in [0.5, 0.6) is 0 Å². The number of hydrogen-bond donors (Lipinski definition) is 1. The molecule has 96 valence electrons. The highest BCUT2D eigenvalue weighted by molar-refractivity contribution is 6.31. The van der Waals surface area contributed by atoms with Gasteiger partial charge in [-0.2, -0.15) is 0 Å². The van der Waals surface area contributed by atoms with Crippen LogP contribution in [0, 0.1) is 13.8 Å². The number of nitrogens with zero attached hydrogens (tertiary/aromatic N) is 4. The minimum Gasteiger partial charge on any atom is -0.367 e. The van der Waals surface area contributed by atoms with Crippen molar-refractivity contribution in [1.29, 1.82) is 0 Å². The van der Waals surface area contributed by atoms with Crippen LogP contribution in [0.1, 0.15) is 17.8 Å². The molecule has 0 aliphatic carbocycles. The van der Waals surface area contributed by atoms with E-state index < -0.39 is 0 Å². The van der Waals surface area contributed by atoms with Gasteiger partial charge in [-0.05, 0) is 20.3 Å². The van der Waals surface area contributed by atoms with E-state index in [0.717, 1.165) is 30.9 Å². The third-order valence-electron chi connectivity index (χ3n) is 2.71. The molecular weight excluding hydrogens is 250 g/mol. The highest BCUT2D eigenvalue weighted by Crippen LogP contribution is 2.18. The quantitative estimate of drug-likeness (QED) is 0.844. The molecule has 0 aliphatic rings. The molecule has 0 aromatic carbocycles. The molecule has 18 heavy (non-hydrogen) atoms. The van der Waals surface area contributed by atoms with Gasteiger partial charge in [0.1, 0.15) is 0 Å². The normalized spacial score (nSPS) is 10.6. The van der Waals surface area contributed by atoms with E-state index in [4.69, 9.17) is 11.6 Å². The first-order chi connectivity index (χ1) is 8.66. The molecule has 0 bridgehead atoms. The monoisotopic (exact) mass is 265 g/mol. The van der Waals surface area contributed by atoms with Crippen molar-refractivity contribution in [3.63, 3.8) is 0 Å². The topological polar surface area (TPSA) is 55.6 Å². The van der Waals surface area contributed by atoms with Gasteiger partial charge in [-0.25, -0.2) is 15.0 Å². The minimum atomic E-state index is 0.431. The van der Waals surface area contributed by atoms with Crippen LogP contribution in [0.2, 0.25) is 5.15 Å². The first kappa shape index (κ1) is 12.8. The lowest BCUT2D eigenvalue weighted by molar-refractivity contribution is 0.660. The standard InChI is InChI=1S/C12H16ClN5/c1-9-10(2)17-12(11(13)16-9)15-4-3-6-18-7-5-14-8-18/h5,7-8H,3-4,6H2,1-2H3,(H,15,17). The Bertz CT molecular complexity index is 509. The fourth-order valence-corrected chi connectivity index (χ4v) is 1.81. The van der Waals surface area contributed by atoms with E-state index in [0.29, 0.717) is 11.0 Å². The Kier molecular flexibility index (Phi) is 4.15. The maximum absolute atomic E-state index is 6.03. The third kappa shape index (κ3) is 3.20. The van der Waals surface area contributed by atoms with Crippen LogP contribution in [0.15, 0.2) is 18.7 Å². The summed E-state index contributed by atoms with van der Waals surface area (Å²) >= 11 is 6.03. The maximum Gasteiger partial charge on any atom is 0.171 e. The molecule has 1 N–H and O–H groups in total. The largest absolute Gasteiger partial charge is 0.367 e. The Morgan fingerprint density at radius 3 is 2.78 bits per heavy atom. The predicted octanol–water partition coefficient (Wildman–Crippen LogP) is 2.45. The predicted molar refractivity (Wildman–Crippen MR) is 71.8 cm³/mol. The Morgan fingerprint density at radius 1 is 1.28 bits per heavy atom. The molecule has 2 aromatic rings. The van der Waals surface area contributed by atoms with E-state index in [-0.39, 0.29) is 0 Å². The number of nitrogens with one attached hydrogen (secondary N) is 1. The van der Waals surface area contributed by atoms with Crippen LogP contribution >= 0.6 is 11.6 Å². The van der Waals surface area contributed by atoms with E-state index in [1.54, 1.807) is 6.20 Å². The Morgan fingerprint density at radius 2 is 2.06 bits per heavy atom. The van der Waals surface area contributed by atoms with Crippen molar-refractivity contribution in [3.05, 3.63) is 35.3 Å². The summed E-state index contributed by atoms with van der Waals surface area (Å²) in [6, 6.07) is 0. The third-order valence-corrected chi connectivity index (χ3v) is 2.97. The van der Waals surface area contributed by atoms with Gasteiger partial charge in [0.2, 0.25) is 0 Å². The van der Waals surface area contributed by atoms with Crippen molar-refractivity contribution >= 4 is 17.4 Å². The summed E-state index contributed by atoms with van der Waals surface area (Å²) in [5.41, 5.74) is 1.76. The summed E-state index contributed by atoms with van der Waals surface area (Å²) in [5.74, 6) is 0.658. The number of aryl methyl sites for hydroxylation is 3. The average molecular weight is 266 g/mol. The summed E-state index contributed by atoms with van der Waals surface area (Å²) in [6.45, 7) is 5.55. The van der Waals surface area contributed by atoms with Gasteiger partial charge in [0.25, 0.3) is 0 Å². The lowest BCUT2D eigenvalue weighted by Gasteiger charge is -2.09. The van der Waals surface area contributed by atoms with Crippen molar-refractivity contribution in [1.82, 2.24) is 19.5 Å². The van der Waals surface area contributed by atoms with Crippen LogP contribution in [-0.4, -0.2) is 26.1 Å². The molecule has 0 amide bonds. The van der Waals surface area contributed by atoms with Crippen molar-refractivity contribution in [2.75, 3.05) is 11.9 Å². The van der Waals surface area contributed by atoms with E-state index >= 15 is 0 Å². The molecule has 2 rings (SSSR count). The number of rotatable bonds is 5. The first-order valence-electron chi connectivity index (χ1n) is 5.87. The van der Waals surface area contributed by atoms with Gasteiger partial charge >= 0.3 is 0 Å². The highest BCUT2D eigenvalue weighted by Gasteiger charge is 2.05. The van der Waals surface area contributed by atoms with Crippen LogP contribution in [-0.2, 0) is 6.54 Å². The van der Waals surface area contributed by atoms with Gasteiger partial charge < -0.3 is 9.88 Å².